The molecule has 1 heterocycles. The van der Waals surface area contributed by atoms with Gasteiger partial charge in [0.15, 0.2) is 0 Å². The summed E-state index contributed by atoms with van der Waals surface area (Å²) in [6.07, 6.45) is 1.30. The van der Waals surface area contributed by atoms with Crippen LogP contribution in [0.4, 0.5) is 0 Å². The van der Waals surface area contributed by atoms with Crippen molar-refractivity contribution in [3.8, 4) is 0 Å². The van der Waals surface area contributed by atoms with E-state index >= 15 is 0 Å². The molecule has 0 saturated carbocycles. The largest absolute Gasteiger partial charge is 0.466 e. The molecule has 0 saturated heterocycles. The second-order valence-electron chi connectivity index (χ2n) is 2.82. The van der Waals surface area contributed by atoms with Gasteiger partial charge < -0.3 is 4.74 Å². The van der Waals surface area contributed by atoms with Gasteiger partial charge in [0.05, 0.1) is 13.0 Å². The van der Waals surface area contributed by atoms with E-state index in [9.17, 15) is 4.79 Å². The van der Waals surface area contributed by atoms with E-state index in [4.69, 9.17) is 4.74 Å². The predicted molar refractivity (Wildman–Crippen MR) is 54.0 cm³/mol. The topological polar surface area (TPSA) is 26.3 Å². The Hall–Kier alpha value is -0.830. The molecular weight excluding hydrogens is 184 g/mol. The molecule has 0 N–H and O–H groups in total. The van der Waals surface area contributed by atoms with E-state index < -0.39 is 0 Å². The fourth-order valence-corrected chi connectivity index (χ4v) is 1.97. The normalized spacial score (nSPS) is 10.0. The molecule has 0 unspecified atom stereocenters. The third-order valence-electron chi connectivity index (χ3n) is 1.68. The second-order valence-corrected chi connectivity index (χ2v) is 4.19. The van der Waals surface area contributed by atoms with E-state index in [1.165, 1.54) is 9.75 Å². The monoisotopic (exact) mass is 198 g/mol. The van der Waals surface area contributed by atoms with Crippen LogP contribution < -0.4 is 0 Å². The first-order valence-corrected chi connectivity index (χ1v) is 5.25. The van der Waals surface area contributed by atoms with Crippen molar-refractivity contribution in [2.24, 2.45) is 0 Å². The molecule has 13 heavy (non-hydrogen) atoms. The zero-order valence-electron chi connectivity index (χ0n) is 8.00. The molecule has 0 bridgehead atoms. The lowest BCUT2D eigenvalue weighted by Gasteiger charge is -1.99. The standard InChI is InChI=1S/C10H14O2S/c1-3-12-10(11)7-6-9-5-4-8(2)13-9/h4-5H,3,6-7H2,1-2H3. The lowest BCUT2D eigenvalue weighted by atomic mass is 10.3. The maximum absolute atomic E-state index is 11.0. The molecule has 72 valence electrons. The molecule has 0 spiro atoms. The number of esters is 1. The lowest BCUT2D eigenvalue weighted by Crippen LogP contribution is -2.04. The average molecular weight is 198 g/mol. The second kappa shape index (κ2) is 5.02. The van der Waals surface area contributed by atoms with Gasteiger partial charge in [0.1, 0.15) is 0 Å². The molecule has 0 fully saturated rings. The SMILES string of the molecule is CCOC(=O)CCc1ccc(C)s1. The Morgan fingerprint density at radius 1 is 1.54 bits per heavy atom. The minimum absolute atomic E-state index is 0.103. The highest BCUT2D eigenvalue weighted by Crippen LogP contribution is 2.16. The molecule has 0 aromatic carbocycles. The Bertz CT molecular complexity index is 278. The minimum Gasteiger partial charge on any atom is -0.466 e. The highest BCUT2D eigenvalue weighted by molar-refractivity contribution is 7.11. The van der Waals surface area contributed by atoms with E-state index in [1.807, 2.05) is 6.92 Å². The summed E-state index contributed by atoms with van der Waals surface area (Å²) in [7, 11) is 0. The van der Waals surface area contributed by atoms with Crippen LogP contribution in [0.15, 0.2) is 12.1 Å². The van der Waals surface area contributed by atoms with E-state index in [0.29, 0.717) is 13.0 Å². The summed E-state index contributed by atoms with van der Waals surface area (Å²) in [6, 6.07) is 4.14. The van der Waals surface area contributed by atoms with Crippen molar-refractivity contribution >= 4 is 17.3 Å². The van der Waals surface area contributed by atoms with Gasteiger partial charge in [-0.25, -0.2) is 0 Å². The van der Waals surface area contributed by atoms with Gasteiger partial charge in [0, 0.05) is 9.75 Å². The Labute approximate surface area is 82.5 Å². The first kappa shape index (κ1) is 10.3. The number of aryl methyl sites for hydroxylation is 2. The minimum atomic E-state index is -0.103. The van der Waals surface area contributed by atoms with Crippen molar-refractivity contribution < 1.29 is 9.53 Å². The first-order valence-electron chi connectivity index (χ1n) is 4.43. The van der Waals surface area contributed by atoms with Crippen molar-refractivity contribution in [3.63, 3.8) is 0 Å². The predicted octanol–water partition coefficient (Wildman–Crippen LogP) is 2.55. The van der Waals surface area contributed by atoms with E-state index in [2.05, 4.69) is 19.1 Å². The number of ether oxygens (including phenoxy) is 1. The smallest absolute Gasteiger partial charge is 0.306 e. The number of hydrogen-bond acceptors (Lipinski definition) is 3. The molecule has 1 aromatic heterocycles. The molecule has 1 aromatic rings. The fraction of sp³-hybridized carbons (Fsp3) is 0.500. The van der Waals surface area contributed by atoms with Gasteiger partial charge >= 0.3 is 5.97 Å². The first-order chi connectivity index (χ1) is 6.22. The summed E-state index contributed by atoms with van der Waals surface area (Å²) in [5.41, 5.74) is 0. The number of carbonyl (C=O) groups is 1. The van der Waals surface area contributed by atoms with Gasteiger partial charge in [0.25, 0.3) is 0 Å². The maximum atomic E-state index is 11.0. The third-order valence-corrected chi connectivity index (χ3v) is 2.74. The van der Waals surface area contributed by atoms with Crippen molar-refractivity contribution in [2.45, 2.75) is 26.7 Å². The number of rotatable bonds is 4. The van der Waals surface area contributed by atoms with Crippen LogP contribution in [-0.2, 0) is 16.0 Å². The van der Waals surface area contributed by atoms with Crippen LogP contribution in [0.1, 0.15) is 23.1 Å². The number of carbonyl (C=O) groups excluding carboxylic acids is 1. The van der Waals surface area contributed by atoms with Gasteiger partial charge in [0.2, 0.25) is 0 Å². The van der Waals surface area contributed by atoms with Crippen LogP contribution in [0, 0.1) is 6.92 Å². The molecule has 0 aliphatic rings. The molecule has 0 atom stereocenters. The maximum Gasteiger partial charge on any atom is 0.306 e. The van der Waals surface area contributed by atoms with E-state index in [0.717, 1.165) is 6.42 Å². The third kappa shape index (κ3) is 3.59. The van der Waals surface area contributed by atoms with Gasteiger partial charge in [-0.15, -0.1) is 11.3 Å². The van der Waals surface area contributed by atoms with Gasteiger partial charge in [-0.05, 0) is 32.4 Å². The summed E-state index contributed by atoms with van der Waals surface area (Å²) < 4.78 is 4.84. The summed E-state index contributed by atoms with van der Waals surface area (Å²) in [5, 5.41) is 0. The molecule has 0 radical (unpaired) electrons. The Morgan fingerprint density at radius 3 is 2.85 bits per heavy atom. The average Bonchev–Trinajstić information content (AvgIpc) is 2.49. The molecule has 1 rings (SSSR count). The summed E-state index contributed by atoms with van der Waals surface area (Å²) in [6.45, 7) is 4.37. The summed E-state index contributed by atoms with van der Waals surface area (Å²) in [4.78, 5) is 13.6. The van der Waals surface area contributed by atoms with Gasteiger partial charge in [-0.2, -0.15) is 0 Å². The molecule has 2 nitrogen and oxygen atoms in total. The van der Waals surface area contributed by atoms with Crippen LogP contribution in [-0.4, -0.2) is 12.6 Å². The zero-order chi connectivity index (χ0) is 9.68. The Morgan fingerprint density at radius 2 is 2.31 bits per heavy atom. The van der Waals surface area contributed by atoms with Crippen molar-refractivity contribution in [1.82, 2.24) is 0 Å². The van der Waals surface area contributed by atoms with Crippen molar-refractivity contribution in [2.75, 3.05) is 6.61 Å². The number of thiophene rings is 1. The lowest BCUT2D eigenvalue weighted by molar-refractivity contribution is -0.143. The molecule has 3 heteroatoms. The van der Waals surface area contributed by atoms with Crippen LogP contribution in [0.2, 0.25) is 0 Å². The van der Waals surface area contributed by atoms with Crippen molar-refractivity contribution in [1.29, 1.82) is 0 Å². The number of hydrogen-bond donors (Lipinski definition) is 0. The molecule has 0 amide bonds. The van der Waals surface area contributed by atoms with E-state index in [-0.39, 0.29) is 5.97 Å². The highest BCUT2D eigenvalue weighted by atomic mass is 32.1. The van der Waals surface area contributed by atoms with Gasteiger partial charge in [-0.1, -0.05) is 0 Å². The molecule has 0 aliphatic heterocycles. The Balaban J connectivity index is 2.30. The van der Waals surface area contributed by atoms with Crippen LogP contribution in [0.5, 0.6) is 0 Å². The molecular formula is C10H14O2S. The van der Waals surface area contributed by atoms with Crippen LogP contribution in [0.25, 0.3) is 0 Å². The highest BCUT2D eigenvalue weighted by Gasteiger charge is 2.03. The quantitative estimate of drug-likeness (QED) is 0.695. The fourth-order valence-electron chi connectivity index (χ4n) is 1.08. The van der Waals surface area contributed by atoms with Crippen LogP contribution >= 0.6 is 11.3 Å². The zero-order valence-corrected chi connectivity index (χ0v) is 8.82. The summed E-state index contributed by atoms with van der Waals surface area (Å²) >= 11 is 1.74. The van der Waals surface area contributed by atoms with Crippen molar-refractivity contribution in [3.05, 3.63) is 21.9 Å². The Kier molecular flexibility index (Phi) is 3.96. The molecule has 0 aliphatic carbocycles. The van der Waals surface area contributed by atoms with Crippen LogP contribution in [0.3, 0.4) is 0 Å². The van der Waals surface area contributed by atoms with E-state index in [1.54, 1.807) is 11.3 Å². The van der Waals surface area contributed by atoms with Gasteiger partial charge in [-0.3, -0.25) is 4.79 Å². The summed E-state index contributed by atoms with van der Waals surface area (Å²) in [5.74, 6) is -0.103.